The van der Waals surface area contributed by atoms with E-state index in [2.05, 4.69) is 43.5 Å². The molecule has 0 saturated carbocycles. The van der Waals surface area contributed by atoms with Gasteiger partial charge in [0.25, 0.3) is 0 Å². The molecule has 3 atom stereocenters. The van der Waals surface area contributed by atoms with Crippen molar-refractivity contribution in [2.45, 2.75) is 225 Å². The van der Waals surface area contributed by atoms with E-state index in [1.54, 1.807) is 0 Å². The Morgan fingerprint density at radius 1 is 0.543 bits per heavy atom. The van der Waals surface area contributed by atoms with Crippen molar-refractivity contribution < 1.29 is 20.1 Å². The van der Waals surface area contributed by atoms with Crippen LogP contribution in [0.25, 0.3) is 0 Å². The normalized spacial score (nSPS) is 13.9. The van der Waals surface area contributed by atoms with Gasteiger partial charge in [0.05, 0.1) is 31.3 Å². The lowest BCUT2D eigenvalue weighted by molar-refractivity contribution is -0.125. The molecule has 0 radical (unpaired) electrons. The number of nitrogens with one attached hydrogen (secondary N) is 1. The number of aliphatic hydroxyl groups is 3. The van der Waals surface area contributed by atoms with Crippen LogP contribution in [0.1, 0.15) is 206 Å². The molecule has 0 fully saturated rings. The monoisotopic (exact) mass is 650 g/mol. The molecular weight excluding hydrogens is 570 g/mol. The van der Waals surface area contributed by atoms with Gasteiger partial charge in [-0.25, -0.2) is 0 Å². The number of carbonyl (C=O) groups excluding carboxylic acids is 1. The zero-order valence-electron chi connectivity index (χ0n) is 30.7. The van der Waals surface area contributed by atoms with E-state index in [9.17, 15) is 20.1 Å². The minimum Gasteiger partial charge on any atom is -0.394 e. The summed E-state index contributed by atoms with van der Waals surface area (Å²) in [5.41, 5.74) is 0. The Hall–Kier alpha value is -1.17. The van der Waals surface area contributed by atoms with E-state index in [4.69, 9.17) is 0 Å². The summed E-state index contributed by atoms with van der Waals surface area (Å²) < 4.78 is 0. The number of amides is 1. The van der Waals surface area contributed by atoms with Crippen molar-refractivity contribution in [3.8, 4) is 0 Å². The van der Waals surface area contributed by atoms with Crippen LogP contribution in [0.3, 0.4) is 0 Å². The van der Waals surface area contributed by atoms with Crippen LogP contribution in [0.15, 0.2) is 24.3 Å². The molecule has 0 aromatic heterocycles. The zero-order chi connectivity index (χ0) is 33.8. The molecule has 1 amide bonds. The summed E-state index contributed by atoms with van der Waals surface area (Å²) in [6.07, 6.45) is 42.7. The smallest absolute Gasteiger partial charge is 0.222 e. The van der Waals surface area contributed by atoms with Gasteiger partial charge >= 0.3 is 0 Å². The van der Waals surface area contributed by atoms with Crippen molar-refractivity contribution in [1.29, 1.82) is 0 Å². The lowest BCUT2D eigenvalue weighted by Gasteiger charge is -2.23. The fraction of sp³-hybridized carbons (Fsp3) is 0.878. The Kier molecular flexibility index (Phi) is 35.7. The maximum absolute atomic E-state index is 12.4. The van der Waals surface area contributed by atoms with E-state index in [0.29, 0.717) is 12.8 Å². The molecule has 3 unspecified atom stereocenters. The van der Waals surface area contributed by atoms with Crippen molar-refractivity contribution in [3.05, 3.63) is 24.3 Å². The van der Waals surface area contributed by atoms with Gasteiger partial charge < -0.3 is 20.6 Å². The van der Waals surface area contributed by atoms with Crippen LogP contribution >= 0.6 is 0 Å². The van der Waals surface area contributed by atoms with Crippen molar-refractivity contribution in [1.82, 2.24) is 5.32 Å². The number of aliphatic hydroxyl groups excluding tert-OH is 3. The zero-order valence-corrected chi connectivity index (χ0v) is 30.7. The molecule has 0 rings (SSSR count). The summed E-state index contributed by atoms with van der Waals surface area (Å²) in [7, 11) is 0. The number of allylic oxidation sites excluding steroid dienone is 4. The highest BCUT2D eigenvalue weighted by atomic mass is 16.3. The van der Waals surface area contributed by atoms with Gasteiger partial charge in [0.1, 0.15) is 0 Å². The maximum Gasteiger partial charge on any atom is 0.222 e. The first-order valence-electron chi connectivity index (χ1n) is 20.1. The molecule has 0 aromatic carbocycles. The fourth-order valence-electron chi connectivity index (χ4n) is 6.16. The molecule has 0 aliphatic rings. The Morgan fingerprint density at radius 2 is 0.913 bits per heavy atom. The van der Waals surface area contributed by atoms with Crippen LogP contribution in [0.5, 0.6) is 0 Å². The van der Waals surface area contributed by atoms with Gasteiger partial charge in [-0.1, -0.05) is 186 Å². The Morgan fingerprint density at radius 3 is 1.37 bits per heavy atom. The highest BCUT2D eigenvalue weighted by Crippen LogP contribution is 2.16. The Labute approximate surface area is 286 Å². The van der Waals surface area contributed by atoms with Gasteiger partial charge in [-0.05, 0) is 38.5 Å². The number of unbranched alkanes of at least 4 members (excludes halogenated alkanes) is 24. The largest absolute Gasteiger partial charge is 0.394 e. The molecule has 0 spiro atoms. The molecular formula is C41H79NO4. The fourth-order valence-corrected chi connectivity index (χ4v) is 6.16. The minimum atomic E-state index is -0.752. The second-order valence-corrected chi connectivity index (χ2v) is 13.9. The van der Waals surface area contributed by atoms with Gasteiger partial charge in [0.15, 0.2) is 0 Å². The van der Waals surface area contributed by atoms with E-state index in [1.807, 2.05) is 0 Å². The first-order chi connectivity index (χ1) is 22.5. The summed E-state index contributed by atoms with van der Waals surface area (Å²) in [4.78, 5) is 12.4. The van der Waals surface area contributed by atoms with Crippen LogP contribution in [0.2, 0.25) is 0 Å². The van der Waals surface area contributed by atoms with Gasteiger partial charge in [-0.3, -0.25) is 4.79 Å². The number of hydrogen-bond donors (Lipinski definition) is 4. The number of carbonyl (C=O) groups is 1. The summed E-state index contributed by atoms with van der Waals surface area (Å²) in [6.45, 7) is 4.22. The van der Waals surface area contributed by atoms with Gasteiger partial charge in [0, 0.05) is 0 Å². The second-order valence-electron chi connectivity index (χ2n) is 13.9. The predicted molar refractivity (Wildman–Crippen MR) is 199 cm³/mol. The molecule has 5 heteroatoms. The molecule has 4 N–H and O–H groups in total. The molecule has 0 bridgehead atoms. The molecule has 0 saturated heterocycles. The van der Waals surface area contributed by atoms with Crippen molar-refractivity contribution in [2.24, 2.45) is 0 Å². The first-order valence-corrected chi connectivity index (χ1v) is 20.1. The van der Waals surface area contributed by atoms with Gasteiger partial charge in [0.2, 0.25) is 5.91 Å². The summed E-state index contributed by atoms with van der Waals surface area (Å²) in [6, 6.07) is -0.662. The first kappa shape index (κ1) is 44.8. The molecule has 0 aliphatic carbocycles. The lowest BCUT2D eigenvalue weighted by atomic mass is 10.0. The molecule has 46 heavy (non-hydrogen) atoms. The predicted octanol–water partition coefficient (Wildman–Crippen LogP) is 11.0. The topological polar surface area (TPSA) is 89.8 Å². The Bertz CT molecular complexity index is 679. The van der Waals surface area contributed by atoms with Gasteiger partial charge in [-0.2, -0.15) is 0 Å². The van der Waals surface area contributed by atoms with E-state index >= 15 is 0 Å². The van der Waals surface area contributed by atoms with E-state index < -0.39 is 18.2 Å². The average Bonchev–Trinajstić information content (AvgIpc) is 3.05. The molecule has 272 valence electrons. The summed E-state index contributed by atoms with van der Waals surface area (Å²) in [5, 5.41) is 33.3. The van der Waals surface area contributed by atoms with E-state index in [0.717, 1.165) is 44.9 Å². The Balaban J connectivity index is 3.66. The SMILES string of the molecule is CCCCC/C=C\C=C/CCCCCCC(O)CC(=O)NC(CO)C(O)CCCCCCCCCCCCCCCCCCCC. The van der Waals surface area contributed by atoms with E-state index in [1.165, 1.54) is 128 Å². The molecule has 0 aliphatic heterocycles. The third-order valence-corrected chi connectivity index (χ3v) is 9.30. The third kappa shape index (κ3) is 32.8. The van der Waals surface area contributed by atoms with Crippen LogP contribution < -0.4 is 5.32 Å². The third-order valence-electron chi connectivity index (χ3n) is 9.30. The summed E-state index contributed by atoms with van der Waals surface area (Å²) in [5.74, 6) is -0.295. The van der Waals surface area contributed by atoms with Gasteiger partial charge in [-0.15, -0.1) is 0 Å². The molecule has 0 heterocycles. The minimum absolute atomic E-state index is 0.0236. The molecule has 0 aromatic rings. The van der Waals surface area contributed by atoms with Crippen LogP contribution in [-0.4, -0.2) is 46.1 Å². The number of hydrogen-bond acceptors (Lipinski definition) is 4. The van der Waals surface area contributed by atoms with Crippen molar-refractivity contribution in [3.63, 3.8) is 0 Å². The number of rotatable bonds is 36. The van der Waals surface area contributed by atoms with Crippen molar-refractivity contribution >= 4 is 5.91 Å². The summed E-state index contributed by atoms with van der Waals surface area (Å²) >= 11 is 0. The highest BCUT2D eigenvalue weighted by Gasteiger charge is 2.21. The van der Waals surface area contributed by atoms with Crippen molar-refractivity contribution in [2.75, 3.05) is 6.61 Å². The maximum atomic E-state index is 12.4. The average molecular weight is 650 g/mol. The van der Waals surface area contributed by atoms with Crippen LogP contribution in [0, 0.1) is 0 Å². The quantitative estimate of drug-likeness (QED) is 0.0401. The van der Waals surface area contributed by atoms with E-state index in [-0.39, 0.29) is 18.9 Å². The lowest BCUT2D eigenvalue weighted by Crippen LogP contribution is -2.46. The standard InChI is InChI=1S/C41H79NO4/c1-3-5-7-9-11-13-15-17-18-19-20-21-23-25-27-29-31-33-35-40(45)39(37-43)42-41(46)36-38(44)34-32-30-28-26-24-22-16-14-12-10-8-6-4-2/h12,14,16,22,38-40,43-45H,3-11,13,15,17-21,23-37H2,1-2H3,(H,42,46)/b14-12-,22-16-. The van der Waals surface area contributed by atoms with Crippen LogP contribution in [0.4, 0.5) is 0 Å². The highest BCUT2D eigenvalue weighted by molar-refractivity contribution is 5.76. The molecule has 5 nitrogen and oxygen atoms in total. The second kappa shape index (κ2) is 36.7. The van der Waals surface area contributed by atoms with Crippen LogP contribution in [-0.2, 0) is 4.79 Å².